The molecule has 0 atom stereocenters. The number of ether oxygens (including phenoxy) is 1. The predicted octanol–water partition coefficient (Wildman–Crippen LogP) is 1.25. The molecular formula is C8H10O4S. The zero-order valence-corrected chi connectivity index (χ0v) is 8.13. The largest absolute Gasteiger partial charge is 0.497 e. The van der Waals surface area contributed by atoms with Crippen LogP contribution in [-0.4, -0.2) is 20.1 Å². The van der Waals surface area contributed by atoms with Gasteiger partial charge in [0.15, 0.2) is 0 Å². The number of rotatable bonds is 2. The van der Waals surface area contributed by atoms with E-state index in [4.69, 9.17) is 9.29 Å². The standard InChI is InChI=1S/C8H10O4S/c1-6-3-7(12-2)5-8(4-6)13(9,10)11/h3-5H,1-2H3,(H,9,10,11). The van der Waals surface area contributed by atoms with Gasteiger partial charge in [0.2, 0.25) is 0 Å². The highest BCUT2D eigenvalue weighted by Gasteiger charge is 2.10. The van der Waals surface area contributed by atoms with Crippen LogP contribution in [0, 0.1) is 6.92 Å². The van der Waals surface area contributed by atoms with E-state index < -0.39 is 10.1 Å². The molecule has 0 spiro atoms. The summed E-state index contributed by atoms with van der Waals surface area (Å²) in [6.45, 7) is 1.72. The summed E-state index contributed by atoms with van der Waals surface area (Å²) >= 11 is 0. The summed E-state index contributed by atoms with van der Waals surface area (Å²) in [7, 11) is -2.70. The Hall–Kier alpha value is -1.07. The first-order chi connectivity index (χ1) is 5.93. The lowest BCUT2D eigenvalue weighted by Gasteiger charge is -2.03. The van der Waals surface area contributed by atoms with E-state index in [0.717, 1.165) is 0 Å². The maximum atomic E-state index is 10.8. The van der Waals surface area contributed by atoms with Gasteiger partial charge in [0.25, 0.3) is 10.1 Å². The Labute approximate surface area is 76.9 Å². The number of methoxy groups -OCH3 is 1. The first kappa shape index (κ1) is 10.0. The van der Waals surface area contributed by atoms with Gasteiger partial charge >= 0.3 is 0 Å². The molecule has 1 aromatic rings. The monoisotopic (exact) mass is 202 g/mol. The van der Waals surface area contributed by atoms with E-state index in [1.54, 1.807) is 13.0 Å². The van der Waals surface area contributed by atoms with E-state index in [2.05, 4.69) is 0 Å². The quantitative estimate of drug-likeness (QED) is 0.733. The van der Waals surface area contributed by atoms with Crippen molar-refractivity contribution < 1.29 is 17.7 Å². The van der Waals surface area contributed by atoms with Gasteiger partial charge in [0, 0.05) is 6.07 Å². The highest BCUT2D eigenvalue weighted by atomic mass is 32.2. The molecule has 0 unspecified atom stereocenters. The average molecular weight is 202 g/mol. The molecular weight excluding hydrogens is 192 g/mol. The molecule has 0 radical (unpaired) electrons. The molecule has 0 fully saturated rings. The van der Waals surface area contributed by atoms with Gasteiger partial charge in [0.1, 0.15) is 5.75 Å². The molecule has 1 N–H and O–H groups in total. The molecule has 13 heavy (non-hydrogen) atoms. The van der Waals surface area contributed by atoms with E-state index in [1.807, 2.05) is 0 Å². The van der Waals surface area contributed by atoms with Crippen molar-refractivity contribution in [3.63, 3.8) is 0 Å². The molecule has 0 saturated heterocycles. The molecule has 0 heterocycles. The van der Waals surface area contributed by atoms with Crippen LogP contribution in [0.15, 0.2) is 23.1 Å². The molecule has 0 aliphatic heterocycles. The van der Waals surface area contributed by atoms with Crippen LogP contribution in [0.2, 0.25) is 0 Å². The molecule has 0 amide bonds. The number of hydrogen-bond donors (Lipinski definition) is 1. The molecule has 0 aliphatic rings. The van der Waals surface area contributed by atoms with Gasteiger partial charge in [-0.1, -0.05) is 0 Å². The summed E-state index contributed by atoms with van der Waals surface area (Å²) < 4.78 is 35.1. The van der Waals surface area contributed by atoms with Crippen molar-refractivity contribution in [1.82, 2.24) is 0 Å². The molecule has 5 heteroatoms. The molecule has 0 saturated carbocycles. The van der Waals surface area contributed by atoms with Crippen LogP contribution in [0.25, 0.3) is 0 Å². The SMILES string of the molecule is COc1cc(C)cc(S(=O)(=O)O)c1. The van der Waals surface area contributed by atoms with Crippen molar-refractivity contribution in [3.8, 4) is 5.75 Å². The lowest BCUT2D eigenvalue weighted by Crippen LogP contribution is -1.99. The third kappa shape index (κ3) is 2.43. The van der Waals surface area contributed by atoms with Gasteiger partial charge in [-0.2, -0.15) is 8.42 Å². The Balaban J connectivity index is 3.33. The molecule has 0 aromatic heterocycles. The molecule has 0 bridgehead atoms. The summed E-state index contributed by atoms with van der Waals surface area (Å²) in [6, 6.07) is 4.31. The Morgan fingerprint density at radius 3 is 2.38 bits per heavy atom. The second-order valence-corrected chi connectivity index (χ2v) is 4.08. The second-order valence-electron chi connectivity index (χ2n) is 2.66. The fraction of sp³-hybridized carbons (Fsp3) is 0.250. The fourth-order valence-corrected chi connectivity index (χ4v) is 1.58. The maximum Gasteiger partial charge on any atom is 0.294 e. The third-order valence-corrected chi connectivity index (χ3v) is 2.39. The topological polar surface area (TPSA) is 63.6 Å². The average Bonchev–Trinajstić information content (AvgIpc) is 2.01. The fourth-order valence-electron chi connectivity index (χ4n) is 0.981. The predicted molar refractivity (Wildman–Crippen MR) is 47.5 cm³/mol. The molecule has 0 aliphatic carbocycles. The Bertz CT molecular complexity index is 408. The summed E-state index contributed by atoms with van der Waals surface area (Å²) in [5.74, 6) is 0.410. The zero-order chi connectivity index (χ0) is 10.1. The van der Waals surface area contributed by atoms with Crippen LogP contribution < -0.4 is 4.74 Å². The first-order valence-electron chi connectivity index (χ1n) is 3.56. The highest BCUT2D eigenvalue weighted by molar-refractivity contribution is 7.85. The van der Waals surface area contributed by atoms with Crippen molar-refractivity contribution in [2.75, 3.05) is 7.11 Å². The minimum Gasteiger partial charge on any atom is -0.497 e. The molecule has 1 rings (SSSR count). The van der Waals surface area contributed by atoms with E-state index in [0.29, 0.717) is 11.3 Å². The third-order valence-electron chi connectivity index (χ3n) is 1.56. The van der Waals surface area contributed by atoms with E-state index in [9.17, 15) is 8.42 Å². The summed E-state index contributed by atoms with van der Waals surface area (Å²) in [6.07, 6.45) is 0. The van der Waals surface area contributed by atoms with Gasteiger partial charge in [-0.3, -0.25) is 4.55 Å². The zero-order valence-electron chi connectivity index (χ0n) is 7.31. The number of benzene rings is 1. The Kier molecular flexibility index (Phi) is 2.58. The van der Waals surface area contributed by atoms with Gasteiger partial charge in [0.05, 0.1) is 12.0 Å². The van der Waals surface area contributed by atoms with Crippen LogP contribution in [0.4, 0.5) is 0 Å². The van der Waals surface area contributed by atoms with Gasteiger partial charge in [-0.15, -0.1) is 0 Å². The molecule has 4 nitrogen and oxygen atoms in total. The summed E-state index contributed by atoms with van der Waals surface area (Å²) in [4.78, 5) is -0.149. The minimum absolute atomic E-state index is 0.149. The first-order valence-corrected chi connectivity index (χ1v) is 5.00. The lowest BCUT2D eigenvalue weighted by atomic mass is 10.2. The van der Waals surface area contributed by atoms with Crippen LogP contribution in [-0.2, 0) is 10.1 Å². The van der Waals surface area contributed by atoms with Crippen LogP contribution in [0.3, 0.4) is 0 Å². The van der Waals surface area contributed by atoms with Crippen molar-refractivity contribution in [3.05, 3.63) is 23.8 Å². The van der Waals surface area contributed by atoms with Crippen molar-refractivity contribution in [2.24, 2.45) is 0 Å². The van der Waals surface area contributed by atoms with Crippen LogP contribution >= 0.6 is 0 Å². The van der Waals surface area contributed by atoms with Gasteiger partial charge in [-0.25, -0.2) is 0 Å². The number of hydrogen-bond acceptors (Lipinski definition) is 3. The van der Waals surface area contributed by atoms with Crippen LogP contribution in [0.1, 0.15) is 5.56 Å². The van der Waals surface area contributed by atoms with Gasteiger partial charge < -0.3 is 4.74 Å². The van der Waals surface area contributed by atoms with Gasteiger partial charge in [-0.05, 0) is 24.6 Å². The van der Waals surface area contributed by atoms with E-state index in [1.165, 1.54) is 19.2 Å². The smallest absolute Gasteiger partial charge is 0.294 e. The second kappa shape index (κ2) is 3.35. The normalized spacial score (nSPS) is 11.3. The Morgan fingerprint density at radius 2 is 1.92 bits per heavy atom. The van der Waals surface area contributed by atoms with E-state index in [-0.39, 0.29) is 4.90 Å². The van der Waals surface area contributed by atoms with Crippen molar-refractivity contribution in [2.45, 2.75) is 11.8 Å². The molecule has 72 valence electrons. The Morgan fingerprint density at radius 1 is 1.31 bits per heavy atom. The van der Waals surface area contributed by atoms with E-state index >= 15 is 0 Å². The number of aryl methyl sites for hydroxylation is 1. The minimum atomic E-state index is -4.14. The van der Waals surface area contributed by atoms with Crippen molar-refractivity contribution >= 4 is 10.1 Å². The lowest BCUT2D eigenvalue weighted by molar-refractivity contribution is 0.412. The molecule has 1 aromatic carbocycles. The van der Waals surface area contributed by atoms with Crippen LogP contribution in [0.5, 0.6) is 5.75 Å². The summed E-state index contributed by atoms with van der Waals surface area (Å²) in [5, 5.41) is 0. The highest BCUT2D eigenvalue weighted by Crippen LogP contribution is 2.19. The maximum absolute atomic E-state index is 10.8. The van der Waals surface area contributed by atoms with Crippen molar-refractivity contribution in [1.29, 1.82) is 0 Å². The summed E-state index contributed by atoms with van der Waals surface area (Å²) in [5.41, 5.74) is 0.715.